The number of hydrogen-bond donors (Lipinski definition) is 0. The minimum absolute atomic E-state index is 0.0207. The van der Waals surface area contributed by atoms with Gasteiger partial charge in [0.15, 0.2) is 5.78 Å². The molecule has 0 saturated heterocycles. The van der Waals surface area contributed by atoms with Crippen LogP contribution in [0.3, 0.4) is 0 Å². The van der Waals surface area contributed by atoms with Gasteiger partial charge in [-0.25, -0.2) is 4.39 Å². The second kappa shape index (κ2) is 5.62. The molecule has 0 aromatic heterocycles. The van der Waals surface area contributed by atoms with Gasteiger partial charge < -0.3 is 0 Å². The first-order valence-corrected chi connectivity index (χ1v) is 10.6. The molecule has 0 radical (unpaired) electrons. The van der Waals surface area contributed by atoms with Crippen LogP contribution in [-0.2, 0) is 9.59 Å². The molecule has 3 saturated carbocycles. The van der Waals surface area contributed by atoms with E-state index >= 15 is 4.39 Å². The van der Waals surface area contributed by atoms with E-state index in [1.54, 1.807) is 13.0 Å². The van der Waals surface area contributed by atoms with Gasteiger partial charge in [0.1, 0.15) is 12.0 Å². The van der Waals surface area contributed by atoms with Crippen LogP contribution in [0.4, 0.5) is 4.39 Å². The molecule has 3 fully saturated rings. The molecule has 142 valence electrons. The first kappa shape index (κ1) is 18.6. The van der Waals surface area contributed by atoms with E-state index in [1.165, 1.54) is 6.08 Å². The largest absolute Gasteiger partial charge is 0.300 e. The van der Waals surface area contributed by atoms with Crippen molar-refractivity contribution >= 4 is 27.5 Å². The molecule has 0 spiro atoms. The lowest BCUT2D eigenvalue weighted by Crippen LogP contribution is -2.62. The third-order valence-corrected chi connectivity index (χ3v) is 10.4. The van der Waals surface area contributed by atoms with Crippen LogP contribution in [0.2, 0.25) is 0 Å². The van der Waals surface area contributed by atoms with E-state index in [2.05, 4.69) is 29.8 Å². The molecule has 7 atom stereocenters. The van der Waals surface area contributed by atoms with Crippen LogP contribution in [0.25, 0.3) is 0 Å². The van der Waals surface area contributed by atoms with Crippen LogP contribution >= 0.6 is 15.9 Å². The van der Waals surface area contributed by atoms with Gasteiger partial charge in [0.2, 0.25) is 0 Å². The normalized spacial score (nSPS) is 50.3. The summed E-state index contributed by atoms with van der Waals surface area (Å²) >= 11 is 4.13. The highest BCUT2D eigenvalue weighted by Crippen LogP contribution is 2.71. The monoisotopic (exact) mass is 422 g/mol. The molecule has 0 heterocycles. The summed E-state index contributed by atoms with van der Waals surface area (Å²) in [6.45, 7) is 8.07. The quantitative estimate of drug-likeness (QED) is 0.533. The second-order valence-electron chi connectivity index (χ2n) is 9.48. The zero-order chi connectivity index (χ0) is 19.1. The number of ketones is 2. The summed E-state index contributed by atoms with van der Waals surface area (Å²) in [7, 11) is 0. The molecule has 0 aromatic rings. The fourth-order valence-electron chi connectivity index (χ4n) is 7.13. The molecule has 0 aliphatic heterocycles. The van der Waals surface area contributed by atoms with Gasteiger partial charge in [-0.15, -0.1) is 0 Å². The summed E-state index contributed by atoms with van der Waals surface area (Å²) in [5, 5.41) is 0. The van der Waals surface area contributed by atoms with Gasteiger partial charge >= 0.3 is 0 Å². The van der Waals surface area contributed by atoms with Crippen molar-refractivity contribution in [2.45, 2.75) is 70.3 Å². The van der Waals surface area contributed by atoms with E-state index in [4.69, 9.17) is 0 Å². The SMILES string of the molecule is CC(=O)[C@H]1CC[C@H]2[C@@H]3CC(F)C4=CC(=O)C=C(C)[C@]4(C)[C@@]3(Br)CC[C@]12C. The summed E-state index contributed by atoms with van der Waals surface area (Å²) in [6.07, 6.45) is 6.42. The van der Waals surface area contributed by atoms with Crippen LogP contribution in [-0.4, -0.2) is 22.1 Å². The molecule has 1 unspecified atom stereocenters. The number of rotatable bonds is 1. The number of hydrogen-bond acceptors (Lipinski definition) is 2. The molecule has 26 heavy (non-hydrogen) atoms. The number of carbonyl (C=O) groups excluding carboxylic acids is 2. The molecule has 0 N–H and O–H groups in total. The minimum Gasteiger partial charge on any atom is -0.300 e. The Balaban J connectivity index is 1.82. The van der Waals surface area contributed by atoms with Crippen molar-refractivity contribution in [2.24, 2.45) is 28.6 Å². The summed E-state index contributed by atoms with van der Waals surface area (Å²) < 4.78 is 15.1. The fourth-order valence-corrected chi connectivity index (χ4v) is 8.37. The van der Waals surface area contributed by atoms with Crippen molar-refractivity contribution in [1.82, 2.24) is 0 Å². The van der Waals surface area contributed by atoms with Crippen LogP contribution in [0.1, 0.15) is 59.8 Å². The van der Waals surface area contributed by atoms with Gasteiger partial charge in [-0.2, -0.15) is 0 Å². The zero-order valence-corrected chi connectivity index (χ0v) is 17.7. The van der Waals surface area contributed by atoms with E-state index in [1.807, 2.05) is 6.92 Å². The van der Waals surface area contributed by atoms with Crippen molar-refractivity contribution in [3.05, 3.63) is 23.3 Å². The summed E-state index contributed by atoms with van der Waals surface area (Å²) in [6, 6.07) is 0. The number of fused-ring (bicyclic) bond motifs is 5. The Bertz CT molecular complexity index is 755. The zero-order valence-electron chi connectivity index (χ0n) is 16.1. The van der Waals surface area contributed by atoms with Gasteiger partial charge in [0, 0.05) is 15.7 Å². The molecule has 4 aliphatic rings. The second-order valence-corrected chi connectivity index (χ2v) is 10.9. The standard InChI is InChI=1S/C22H28BrFO2/c1-12-9-14(26)10-18-19(24)11-17-16-6-5-15(13(2)25)20(16,3)7-8-22(17,23)21(12,18)4/h9-10,15-17,19H,5-8,11H2,1-4H3/t15-,16+,17+,19?,20-,21+,22-/m1/s1. The van der Waals surface area contributed by atoms with Crippen molar-refractivity contribution in [3.8, 4) is 0 Å². The number of allylic oxidation sites excluding steroid dienone is 4. The molecular weight excluding hydrogens is 395 g/mol. The Morgan fingerprint density at radius 3 is 2.54 bits per heavy atom. The Hall–Kier alpha value is -0.770. The maximum Gasteiger partial charge on any atom is 0.178 e. The van der Waals surface area contributed by atoms with Crippen molar-refractivity contribution in [3.63, 3.8) is 0 Å². The van der Waals surface area contributed by atoms with Crippen molar-refractivity contribution < 1.29 is 14.0 Å². The van der Waals surface area contributed by atoms with Crippen molar-refractivity contribution in [2.75, 3.05) is 0 Å². The molecule has 4 aliphatic carbocycles. The topological polar surface area (TPSA) is 34.1 Å². The van der Waals surface area contributed by atoms with Crippen LogP contribution in [0.5, 0.6) is 0 Å². The fraction of sp³-hybridized carbons (Fsp3) is 0.727. The highest BCUT2D eigenvalue weighted by Gasteiger charge is 2.67. The third-order valence-electron chi connectivity index (χ3n) is 8.65. The smallest absolute Gasteiger partial charge is 0.178 e. The van der Waals surface area contributed by atoms with Crippen molar-refractivity contribution in [1.29, 1.82) is 0 Å². The van der Waals surface area contributed by atoms with Gasteiger partial charge in [0.25, 0.3) is 0 Å². The molecule has 2 nitrogen and oxygen atoms in total. The predicted molar refractivity (Wildman–Crippen MR) is 104 cm³/mol. The maximum absolute atomic E-state index is 15.4. The average Bonchev–Trinajstić information content (AvgIpc) is 2.90. The minimum atomic E-state index is -1.08. The number of alkyl halides is 2. The summed E-state index contributed by atoms with van der Waals surface area (Å²) in [5.41, 5.74) is 1.13. The van der Waals surface area contributed by atoms with E-state index in [-0.39, 0.29) is 33.1 Å². The molecule has 0 amide bonds. The Morgan fingerprint density at radius 1 is 1.19 bits per heavy atom. The highest BCUT2D eigenvalue weighted by atomic mass is 79.9. The van der Waals surface area contributed by atoms with E-state index in [0.29, 0.717) is 17.9 Å². The maximum atomic E-state index is 15.4. The summed E-state index contributed by atoms with van der Waals surface area (Å²) in [5.74, 6) is 0.837. The lowest BCUT2D eigenvalue weighted by Gasteiger charge is -2.63. The van der Waals surface area contributed by atoms with E-state index in [9.17, 15) is 9.59 Å². The molecule has 4 rings (SSSR count). The van der Waals surface area contributed by atoms with Gasteiger partial charge in [-0.1, -0.05) is 35.4 Å². The lowest BCUT2D eigenvalue weighted by atomic mass is 9.46. The van der Waals surface area contributed by atoms with Gasteiger partial charge in [-0.3, -0.25) is 9.59 Å². The summed E-state index contributed by atoms with van der Waals surface area (Å²) in [4.78, 5) is 24.3. The Labute approximate surface area is 163 Å². The average molecular weight is 423 g/mol. The third kappa shape index (κ3) is 2.08. The highest BCUT2D eigenvalue weighted by molar-refractivity contribution is 9.10. The van der Waals surface area contributed by atoms with Gasteiger partial charge in [-0.05, 0) is 80.9 Å². The Morgan fingerprint density at radius 2 is 1.88 bits per heavy atom. The first-order chi connectivity index (χ1) is 12.1. The number of carbonyl (C=O) groups is 2. The van der Waals surface area contributed by atoms with E-state index in [0.717, 1.165) is 31.3 Å². The van der Waals surface area contributed by atoms with Crippen LogP contribution in [0.15, 0.2) is 23.3 Å². The Kier molecular flexibility index (Phi) is 4.02. The lowest BCUT2D eigenvalue weighted by molar-refractivity contribution is -0.127. The molecule has 0 bridgehead atoms. The first-order valence-electron chi connectivity index (χ1n) is 9.84. The molecule has 0 aromatic carbocycles. The number of halogens is 2. The predicted octanol–water partition coefficient (Wildman–Crippen LogP) is 5.36. The van der Waals surface area contributed by atoms with E-state index < -0.39 is 11.6 Å². The molecule has 4 heteroatoms. The molecular formula is C22H28BrFO2. The van der Waals surface area contributed by atoms with Gasteiger partial charge in [0.05, 0.1) is 0 Å². The van der Waals surface area contributed by atoms with Crippen LogP contribution in [0, 0.1) is 28.6 Å². The number of Topliss-reactive ketones (excluding diaryl/α,β-unsaturated/α-hetero) is 1. The van der Waals surface area contributed by atoms with Crippen LogP contribution < -0.4 is 0 Å².